The summed E-state index contributed by atoms with van der Waals surface area (Å²) in [5.41, 5.74) is 5.08. The number of carboxylic acid groups (broad SMARTS) is 1. The number of amides is 2. The van der Waals surface area contributed by atoms with Crippen LogP contribution in [0.5, 0.6) is 0 Å². The van der Waals surface area contributed by atoms with E-state index in [1.807, 2.05) is 0 Å². The minimum Gasteiger partial charge on any atom is -0.618 e. The highest BCUT2D eigenvalue weighted by Gasteiger charge is 2.49. The number of carbonyl (C=O) groups excluding carboxylic acids is 2. The minimum absolute atomic E-state index is 0.142. The van der Waals surface area contributed by atoms with E-state index < -0.39 is 45.9 Å². The Morgan fingerprint density at radius 1 is 1.00 bits per heavy atom. The van der Waals surface area contributed by atoms with Crippen molar-refractivity contribution in [2.75, 3.05) is 6.26 Å². The fourth-order valence-electron chi connectivity index (χ4n) is 7.25. The van der Waals surface area contributed by atoms with E-state index in [1.165, 1.54) is 24.4 Å². The standard InChI is InChI=1S/C37H36Cl2N4O8S/c1-52(49,50)41-31-12-6-7-13-32(31)43-34(29-17-15-24(38)19-30(29)39)33(27-10-4-5-11-28(27)36(43)45)35(44)40-51-21-25-16-14-22(20-42(25)48)18-23-8-2-3-9-26(23)37(46)47/h2-5,8-11,14-17,19-20,31-34,41H,6-7,12-13,18,21H2,1H3,(H,40,44)(H,46,47). The molecular weight excluding hydrogens is 731 g/mol. The Labute approximate surface area is 310 Å². The third kappa shape index (κ3) is 8.08. The van der Waals surface area contributed by atoms with Crippen molar-refractivity contribution < 1.29 is 37.5 Å². The molecule has 0 saturated heterocycles. The summed E-state index contributed by atoms with van der Waals surface area (Å²) in [4.78, 5) is 47.6. The number of pyridine rings is 1. The van der Waals surface area contributed by atoms with Crippen LogP contribution in [0.15, 0.2) is 85.1 Å². The molecule has 1 aliphatic carbocycles. The number of carboxylic acids is 1. The zero-order valence-electron chi connectivity index (χ0n) is 28.0. The minimum atomic E-state index is -3.65. The van der Waals surface area contributed by atoms with Gasteiger partial charge in [-0.15, -0.1) is 0 Å². The van der Waals surface area contributed by atoms with Crippen LogP contribution in [0.4, 0.5) is 0 Å². The molecule has 1 aliphatic heterocycles. The van der Waals surface area contributed by atoms with Crippen LogP contribution < -0.4 is 14.9 Å². The van der Waals surface area contributed by atoms with Gasteiger partial charge in [-0.1, -0.05) is 78.5 Å². The number of hydrogen-bond acceptors (Lipinski definition) is 7. The molecule has 15 heteroatoms. The molecule has 1 fully saturated rings. The van der Waals surface area contributed by atoms with E-state index >= 15 is 0 Å². The van der Waals surface area contributed by atoms with E-state index in [0.717, 1.165) is 19.1 Å². The first-order valence-electron chi connectivity index (χ1n) is 16.6. The van der Waals surface area contributed by atoms with E-state index in [1.54, 1.807) is 65.6 Å². The molecule has 4 atom stereocenters. The highest BCUT2D eigenvalue weighted by atomic mass is 35.5. The van der Waals surface area contributed by atoms with Crippen LogP contribution in [0.1, 0.15) is 86.3 Å². The van der Waals surface area contributed by atoms with Crippen molar-refractivity contribution in [1.82, 2.24) is 15.1 Å². The largest absolute Gasteiger partial charge is 0.618 e. The monoisotopic (exact) mass is 766 g/mol. The highest BCUT2D eigenvalue weighted by molar-refractivity contribution is 7.88. The molecule has 2 heterocycles. The Balaban J connectivity index is 1.30. The summed E-state index contributed by atoms with van der Waals surface area (Å²) in [6.45, 7) is -0.312. The number of hydroxylamine groups is 1. The van der Waals surface area contributed by atoms with Crippen LogP contribution in [0.25, 0.3) is 0 Å². The van der Waals surface area contributed by atoms with Crippen molar-refractivity contribution in [3.8, 4) is 0 Å². The molecule has 3 aromatic carbocycles. The van der Waals surface area contributed by atoms with Gasteiger partial charge in [-0.25, -0.2) is 23.4 Å². The maximum Gasteiger partial charge on any atom is 0.335 e. The number of nitrogens with one attached hydrogen (secondary N) is 2. The van der Waals surface area contributed by atoms with Gasteiger partial charge in [-0.2, -0.15) is 4.73 Å². The number of halogens is 2. The van der Waals surface area contributed by atoms with Gasteiger partial charge in [0.15, 0.2) is 12.8 Å². The summed E-state index contributed by atoms with van der Waals surface area (Å²) < 4.78 is 28.2. The maximum absolute atomic E-state index is 14.4. The quantitative estimate of drug-likeness (QED) is 0.105. The summed E-state index contributed by atoms with van der Waals surface area (Å²) >= 11 is 13.0. The second kappa shape index (κ2) is 15.6. The maximum atomic E-state index is 14.4. The second-order valence-electron chi connectivity index (χ2n) is 13.0. The van der Waals surface area contributed by atoms with Crippen molar-refractivity contribution in [2.45, 2.75) is 62.8 Å². The SMILES string of the molecule is CS(=O)(=O)NC1CCCCC1N1C(=O)c2ccccc2C(C(=O)NOCc2ccc(Cc3ccccc3C(=O)O)c[n+]2[O-])C1c1ccc(Cl)cc1Cl. The number of hydrogen-bond donors (Lipinski definition) is 3. The topological polar surface area (TPSA) is 169 Å². The first-order chi connectivity index (χ1) is 24.8. The predicted molar refractivity (Wildman–Crippen MR) is 193 cm³/mol. The second-order valence-corrected chi connectivity index (χ2v) is 15.6. The molecule has 1 saturated carbocycles. The average Bonchev–Trinajstić information content (AvgIpc) is 3.09. The highest BCUT2D eigenvalue weighted by Crippen LogP contribution is 2.48. The third-order valence-corrected chi connectivity index (χ3v) is 10.8. The van der Waals surface area contributed by atoms with Crippen LogP contribution in [0.2, 0.25) is 10.0 Å². The zero-order chi connectivity index (χ0) is 37.2. The van der Waals surface area contributed by atoms with E-state index in [2.05, 4.69) is 10.2 Å². The van der Waals surface area contributed by atoms with Crippen molar-refractivity contribution >= 4 is 51.0 Å². The van der Waals surface area contributed by atoms with E-state index in [4.69, 9.17) is 28.0 Å². The summed E-state index contributed by atoms with van der Waals surface area (Å²) in [5, 5.41) is 23.0. The molecule has 2 aliphatic rings. The first-order valence-corrected chi connectivity index (χ1v) is 19.2. The summed E-state index contributed by atoms with van der Waals surface area (Å²) in [5.74, 6) is -3.13. The van der Waals surface area contributed by atoms with Crippen LogP contribution in [0, 0.1) is 5.21 Å². The lowest BCUT2D eigenvalue weighted by atomic mass is 9.76. The lowest BCUT2D eigenvalue weighted by molar-refractivity contribution is -0.617. The molecule has 6 rings (SSSR count). The van der Waals surface area contributed by atoms with Crippen LogP contribution in [-0.2, 0) is 32.7 Å². The third-order valence-electron chi connectivity index (χ3n) is 9.48. The Bertz CT molecular complexity index is 2130. The molecule has 272 valence electrons. The molecular formula is C37H36Cl2N4O8S. The fourth-order valence-corrected chi connectivity index (χ4v) is 8.59. The van der Waals surface area contributed by atoms with Gasteiger partial charge in [0.05, 0.1) is 23.8 Å². The number of benzene rings is 3. The molecule has 4 aromatic rings. The van der Waals surface area contributed by atoms with E-state index in [0.29, 0.717) is 44.8 Å². The van der Waals surface area contributed by atoms with Crippen LogP contribution in [0.3, 0.4) is 0 Å². The molecule has 1 aromatic heterocycles. The predicted octanol–water partition coefficient (Wildman–Crippen LogP) is 5.30. The van der Waals surface area contributed by atoms with Gasteiger partial charge in [0.2, 0.25) is 15.7 Å². The van der Waals surface area contributed by atoms with Crippen molar-refractivity contribution in [3.63, 3.8) is 0 Å². The lowest BCUT2D eigenvalue weighted by Gasteiger charge is -2.49. The normalized spacial score (nSPS) is 20.3. The van der Waals surface area contributed by atoms with Gasteiger partial charge in [-0.3, -0.25) is 14.4 Å². The Kier molecular flexibility index (Phi) is 11.2. The zero-order valence-corrected chi connectivity index (χ0v) is 30.3. The fraction of sp³-hybridized carbons (Fsp3) is 0.297. The number of nitrogens with zero attached hydrogens (tertiary/aromatic N) is 2. The molecule has 52 heavy (non-hydrogen) atoms. The van der Waals surface area contributed by atoms with E-state index in [-0.39, 0.29) is 40.8 Å². The summed E-state index contributed by atoms with van der Waals surface area (Å²) in [6.07, 6.45) is 5.07. The molecule has 2 amide bonds. The number of aromatic nitrogens is 1. The van der Waals surface area contributed by atoms with Gasteiger partial charge in [0, 0.05) is 45.7 Å². The van der Waals surface area contributed by atoms with E-state index in [9.17, 15) is 33.1 Å². The number of carbonyl (C=O) groups is 3. The van der Waals surface area contributed by atoms with Crippen molar-refractivity contribution in [2.24, 2.45) is 0 Å². The van der Waals surface area contributed by atoms with Gasteiger partial charge < -0.3 is 15.2 Å². The van der Waals surface area contributed by atoms with Crippen molar-refractivity contribution in [1.29, 1.82) is 0 Å². The van der Waals surface area contributed by atoms with Gasteiger partial charge in [0.1, 0.15) is 0 Å². The van der Waals surface area contributed by atoms with Gasteiger partial charge in [0.25, 0.3) is 11.8 Å². The molecule has 0 spiro atoms. The number of rotatable bonds is 11. The average molecular weight is 768 g/mol. The molecule has 12 nitrogen and oxygen atoms in total. The number of fused-ring (bicyclic) bond motifs is 1. The molecule has 3 N–H and O–H groups in total. The van der Waals surface area contributed by atoms with Crippen molar-refractivity contribution in [3.05, 3.63) is 139 Å². The molecule has 0 radical (unpaired) electrons. The smallest absolute Gasteiger partial charge is 0.335 e. The Morgan fingerprint density at radius 2 is 1.73 bits per heavy atom. The number of aromatic carboxylic acids is 1. The number of sulfonamides is 1. The Morgan fingerprint density at radius 3 is 2.46 bits per heavy atom. The molecule has 0 bridgehead atoms. The lowest BCUT2D eigenvalue weighted by Crippen LogP contribution is -2.59. The van der Waals surface area contributed by atoms with Gasteiger partial charge in [-0.05, 0) is 59.9 Å². The van der Waals surface area contributed by atoms with Gasteiger partial charge >= 0.3 is 5.97 Å². The molecule has 4 unspecified atom stereocenters. The Hall–Kier alpha value is -4.53. The van der Waals surface area contributed by atoms with Crippen LogP contribution in [-0.4, -0.2) is 54.5 Å². The first kappa shape index (κ1) is 37.2. The van der Waals surface area contributed by atoms with Crippen LogP contribution >= 0.6 is 23.2 Å². The summed E-state index contributed by atoms with van der Waals surface area (Å²) in [7, 11) is -3.65. The summed E-state index contributed by atoms with van der Waals surface area (Å²) in [6, 6.07) is 19.1.